The Labute approximate surface area is 193 Å². The number of ether oxygens (including phenoxy) is 1. The number of carbonyl (C=O) groups excluding carboxylic acids is 2. The van der Waals surface area contributed by atoms with Crippen molar-refractivity contribution in [1.82, 2.24) is 26.0 Å². The number of hydrazine groups is 1. The number of amides is 2. The van der Waals surface area contributed by atoms with Crippen LogP contribution in [0.15, 0.2) is 36.4 Å². The van der Waals surface area contributed by atoms with Crippen molar-refractivity contribution in [3.8, 4) is 0 Å². The average Bonchev–Trinajstić information content (AvgIpc) is 3.16. The fourth-order valence-corrected chi connectivity index (χ4v) is 3.24. The highest BCUT2D eigenvalue weighted by Crippen LogP contribution is 2.32. The second kappa shape index (κ2) is 9.57. The molecule has 34 heavy (non-hydrogen) atoms. The van der Waals surface area contributed by atoms with Crippen LogP contribution in [0.1, 0.15) is 46.1 Å². The van der Waals surface area contributed by atoms with E-state index >= 15 is 0 Å². The molecule has 0 aliphatic heterocycles. The second-order valence-corrected chi connectivity index (χ2v) is 8.45. The first-order valence-electron chi connectivity index (χ1n) is 10.4. The molecular weight excluding hydrogens is 455 g/mol. The Morgan fingerprint density at radius 3 is 2.32 bits per heavy atom. The number of halogens is 3. The minimum absolute atomic E-state index is 0.131. The molecule has 3 aromatic rings. The van der Waals surface area contributed by atoms with E-state index in [0.717, 1.165) is 4.85 Å². The summed E-state index contributed by atoms with van der Waals surface area (Å²) in [5, 5.41) is 7.81. The monoisotopic (exact) mass is 479 g/mol. The van der Waals surface area contributed by atoms with Crippen LogP contribution in [0.3, 0.4) is 0 Å². The van der Waals surface area contributed by atoms with E-state index in [1.165, 1.54) is 0 Å². The van der Waals surface area contributed by atoms with Gasteiger partial charge in [0.15, 0.2) is 17.5 Å². The van der Waals surface area contributed by atoms with Crippen LogP contribution in [0.5, 0.6) is 0 Å². The van der Waals surface area contributed by atoms with Gasteiger partial charge in [0.05, 0.1) is 0 Å². The van der Waals surface area contributed by atoms with Gasteiger partial charge in [0, 0.05) is 12.0 Å². The maximum atomic E-state index is 14.2. The Bertz CT molecular complexity index is 1190. The molecular formula is C22H24F3N5O4. The lowest BCUT2D eigenvalue weighted by atomic mass is 9.88. The van der Waals surface area contributed by atoms with Gasteiger partial charge in [0.1, 0.15) is 16.6 Å². The molecule has 2 aromatic carbocycles. The van der Waals surface area contributed by atoms with Crippen molar-refractivity contribution >= 4 is 23.0 Å². The Morgan fingerprint density at radius 2 is 1.71 bits per heavy atom. The number of fused-ring (bicyclic) bond motifs is 1. The van der Waals surface area contributed by atoms with E-state index in [4.69, 9.17) is 9.57 Å². The van der Waals surface area contributed by atoms with E-state index in [1.807, 2.05) is 0 Å². The molecule has 1 atom stereocenters. The highest BCUT2D eigenvalue weighted by atomic mass is 19.2. The number of hydrogen-bond acceptors (Lipinski definition) is 6. The topological polar surface area (TPSA) is 107 Å². The number of hydrogen-bond donors (Lipinski definition) is 2. The molecule has 0 aliphatic rings. The smallest absolute Gasteiger partial charge is 0.426 e. The summed E-state index contributed by atoms with van der Waals surface area (Å²) in [7, 11) is 0. The standard InChI is InChI=1S/C22H24F3N5O4/c1-5-10-22(13-11-14(23)18(25)15(24)12-13,19(31)27-28-20(32)33-21(2,3)4)34-30-17-9-7-6-8-16(17)26-29-30/h6-9,11-12H,5,10H2,1-4H3,(H,27,31)(H,28,32)/t22-/m0/s1. The summed E-state index contributed by atoms with van der Waals surface area (Å²) in [6, 6.07) is 7.94. The van der Waals surface area contributed by atoms with E-state index in [1.54, 1.807) is 52.0 Å². The molecule has 0 bridgehead atoms. The van der Waals surface area contributed by atoms with Gasteiger partial charge in [-0.15, -0.1) is 5.10 Å². The van der Waals surface area contributed by atoms with Crippen molar-refractivity contribution in [2.45, 2.75) is 51.7 Å². The first-order chi connectivity index (χ1) is 16.0. The zero-order valence-corrected chi connectivity index (χ0v) is 19.0. The number of aromatic nitrogens is 3. The number of nitrogens with zero attached hydrogens (tertiary/aromatic N) is 3. The van der Waals surface area contributed by atoms with Crippen LogP contribution < -0.4 is 15.7 Å². The van der Waals surface area contributed by atoms with Gasteiger partial charge in [0.25, 0.3) is 5.91 Å². The third-order valence-corrected chi connectivity index (χ3v) is 4.66. The SMILES string of the molecule is CCC[C@@](On1nnc2ccccc21)(C(=O)NNC(=O)OC(C)(C)C)c1cc(F)c(F)c(F)c1. The normalized spacial score (nSPS) is 13.3. The third-order valence-electron chi connectivity index (χ3n) is 4.66. The quantitative estimate of drug-likeness (QED) is 0.414. The van der Waals surface area contributed by atoms with Gasteiger partial charge in [-0.05, 0) is 50.3 Å². The maximum Gasteiger partial charge on any atom is 0.426 e. The predicted molar refractivity (Wildman–Crippen MR) is 115 cm³/mol. The van der Waals surface area contributed by atoms with Gasteiger partial charge >= 0.3 is 6.09 Å². The van der Waals surface area contributed by atoms with Crippen LogP contribution in [0.2, 0.25) is 0 Å². The van der Waals surface area contributed by atoms with E-state index < -0.39 is 40.7 Å². The van der Waals surface area contributed by atoms with Gasteiger partial charge in [-0.2, -0.15) is 0 Å². The Kier molecular flexibility index (Phi) is 6.99. The minimum Gasteiger partial charge on any atom is -0.443 e. The van der Waals surface area contributed by atoms with E-state index in [-0.39, 0.29) is 18.4 Å². The van der Waals surface area contributed by atoms with Gasteiger partial charge < -0.3 is 9.57 Å². The summed E-state index contributed by atoms with van der Waals surface area (Å²) in [6.07, 6.45) is -0.824. The Balaban J connectivity index is 2.06. The van der Waals surface area contributed by atoms with Crippen LogP contribution in [0.25, 0.3) is 11.0 Å². The lowest BCUT2D eigenvalue weighted by molar-refractivity contribution is -0.154. The first kappa shape index (κ1) is 24.8. The molecule has 182 valence electrons. The summed E-state index contributed by atoms with van der Waals surface area (Å²) < 4.78 is 47.1. The molecule has 2 amide bonds. The highest BCUT2D eigenvalue weighted by molar-refractivity contribution is 5.88. The molecule has 2 N–H and O–H groups in total. The molecule has 0 unspecified atom stereocenters. The average molecular weight is 479 g/mol. The van der Waals surface area contributed by atoms with Gasteiger partial charge in [0.2, 0.25) is 5.60 Å². The van der Waals surface area contributed by atoms with Crippen LogP contribution >= 0.6 is 0 Å². The number of carbonyl (C=O) groups is 2. The second-order valence-electron chi connectivity index (χ2n) is 8.45. The summed E-state index contributed by atoms with van der Waals surface area (Å²) in [5.74, 6) is -5.75. The van der Waals surface area contributed by atoms with Crippen molar-refractivity contribution in [2.75, 3.05) is 0 Å². The van der Waals surface area contributed by atoms with Crippen molar-refractivity contribution in [3.05, 3.63) is 59.4 Å². The van der Waals surface area contributed by atoms with Crippen LogP contribution in [-0.2, 0) is 15.1 Å². The highest BCUT2D eigenvalue weighted by Gasteiger charge is 2.45. The van der Waals surface area contributed by atoms with Crippen molar-refractivity contribution in [2.24, 2.45) is 0 Å². The lowest BCUT2D eigenvalue weighted by Gasteiger charge is -2.32. The number of nitrogens with one attached hydrogen (secondary N) is 2. The third kappa shape index (κ3) is 5.21. The van der Waals surface area contributed by atoms with E-state index in [2.05, 4.69) is 21.2 Å². The molecule has 1 aromatic heterocycles. The first-order valence-corrected chi connectivity index (χ1v) is 10.4. The largest absolute Gasteiger partial charge is 0.443 e. The van der Waals surface area contributed by atoms with Crippen molar-refractivity contribution in [3.63, 3.8) is 0 Å². The van der Waals surface area contributed by atoms with Gasteiger partial charge in [-0.3, -0.25) is 10.2 Å². The molecule has 0 fully saturated rings. The van der Waals surface area contributed by atoms with E-state index in [9.17, 15) is 22.8 Å². The molecule has 0 saturated carbocycles. The fraction of sp³-hybridized carbons (Fsp3) is 0.364. The van der Waals surface area contributed by atoms with Gasteiger partial charge in [-0.1, -0.05) is 30.3 Å². The molecule has 1 heterocycles. The number of para-hydroxylation sites is 1. The molecule has 0 spiro atoms. The molecule has 3 rings (SSSR count). The molecule has 12 heteroatoms. The van der Waals surface area contributed by atoms with Crippen LogP contribution in [0.4, 0.5) is 18.0 Å². The van der Waals surface area contributed by atoms with Crippen LogP contribution in [0, 0.1) is 17.5 Å². The molecule has 0 aliphatic carbocycles. The zero-order chi connectivity index (χ0) is 25.1. The van der Waals surface area contributed by atoms with Crippen molar-refractivity contribution < 1.29 is 32.3 Å². The summed E-state index contributed by atoms with van der Waals surface area (Å²) in [6.45, 7) is 6.57. The zero-order valence-electron chi connectivity index (χ0n) is 19.0. The molecule has 0 radical (unpaired) electrons. The summed E-state index contributed by atoms with van der Waals surface area (Å²) in [5.41, 5.74) is 1.69. The van der Waals surface area contributed by atoms with Gasteiger partial charge in [-0.25, -0.2) is 23.4 Å². The minimum atomic E-state index is -2.14. The lowest BCUT2D eigenvalue weighted by Crippen LogP contribution is -2.56. The van der Waals surface area contributed by atoms with Crippen LogP contribution in [-0.4, -0.2) is 32.8 Å². The molecule has 0 saturated heterocycles. The summed E-state index contributed by atoms with van der Waals surface area (Å²) >= 11 is 0. The molecule has 9 nitrogen and oxygen atoms in total. The number of rotatable bonds is 6. The number of benzene rings is 2. The Hall–Kier alpha value is -3.83. The summed E-state index contributed by atoms with van der Waals surface area (Å²) in [4.78, 5) is 32.3. The fourth-order valence-electron chi connectivity index (χ4n) is 3.24. The Morgan fingerprint density at radius 1 is 1.06 bits per heavy atom. The predicted octanol–water partition coefficient (Wildman–Crippen LogP) is 3.53. The van der Waals surface area contributed by atoms with E-state index in [0.29, 0.717) is 23.2 Å². The van der Waals surface area contributed by atoms with Crippen molar-refractivity contribution in [1.29, 1.82) is 0 Å². The maximum absolute atomic E-state index is 14.2.